The predicted molar refractivity (Wildman–Crippen MR) is 81.5 cm³/mol. The Bertz CT molecular complexity index is 700. The van der Waals surface area contributed by atoms with Crippen LogP contribution in [0.3, 0.4) is 0 Å². The molecule has 0 saturated heterocycles. The zero-order valence-electron chi connectivity index (χ0n) is 11.4. The van der Waals surface area contributed by atoms with E-state index in [0.29, 0.717) is 0 Å². The van der Waals surface area contributed by atoms with E-state index in [1.165, 1.54) is 17.5 Å². The van der Waals surface area contributed by atoms with E-state index < -0.39 is 0 Å². The molecule has 1 atom stereocenters. The van der Waals surface area contributed by atoms with Crippen LogP contribution >= 0.6 is 0 Å². The Morgan fingerprint density at radius 3 is 2.70 bits per heavy atom. The highest BCUT2D eigenvalue weighted by Crippen LogP contribution is 2.19. The van der Waals surface area contributed by atoms with Crippen LogP contribution in [0, 0.1) is 5.82 Å². The maximum Gasteiger partial charge on any atom is 0.123 e. The molecule has 102 valence electrons. The van der Waals surface area contributed by atoms with Gasteiger partial charge in [0, 0.05) is 28.8 Å². The van der Waals surface area contributed by atoms with Crippen molar-refractivity contribution in [1.29, 1.82) is 0 Å². The van der Waals surface area contributed by atoms with Gasteiger partial charge in [0.15, 0.2) is 0 Å². The number of hydrogen-bond acceptors (Lipinski definition) is 1. The standard InChI is InChI=1S/C17H17FN2/c1-12(10-13-2-4-15(18)5-3-13)20-16-6-7-17-14(11-16)8-9-19-17/h2-9,11-12,19-20H,10H2,1H3. The van der Waals surface area contributed by atoms with Crippen molar-refractivity contribution in [3.63, 3.8) is 0 Å². The number of hydrogen-bond donors (Lipinski definition) is 2. The summed E-state index contributed by atoms with van der Waals surface area (Å²) in [7, 11) is 0. The molecule has 1 unspecified atom stereocenters. The Labute approximate surface area is 117 Å². The highest BCUT2D eigenvalue weighted by atomic mass is 19.1. The van der Waals surface area contributed by atoms with Crippen LogP contribution in [0.5, 0.6) is 0 Å². The van der Waals surface area contributed by atoms with Crippen molar-refractivity contribution in [2.45, 2.75) is 19.4 Å². The van der Waals surface area contributed by atoms with Gasteiger partial charge in [0.25, 0.3) is 0 Å². The first-order chi connectivity index (χ1) is 9.70. The zero-order chi connectivity index (χ0) is 13.9. The number of anilines is 1. The van der Waals surface area contributed by atoms with Gasteiger partial charge in [-0.1, -0.05) is 12.1 Å². The first-order valence-corrected chi connectivity index (χ1v) is 6.79. The van der Waals surface area contributed by atoms with Crippen molar-refractivity contribution in [3.05, 3.63) is 66.1 Å². The summed E-state index contributed by atoms with van der Waals surface area (Å²) in [6.07, 6.45) is 2.81. The fourth-order valence-corrected chi connectivity index (χ4v) is 2.45. The van der Waals surface area contributed by atoms with Gasteiger partial charge in [-0.05, 0) is 55.3 Å². The molecule has 0 saturated carbocycles. The maximum atomic E-state index is 12.9. The largest absolute Gasteiger partial charge is 0.382 e. The number of H-pyrrole nitrogens is 1. The second-order valence-electron chi connectivity index (χ2n) is 5.16. The molecule has 0 aliphatic carbocycles. The van der Waals surface area contributed by atoms with Crippen LogP contribution in [-0.2, 0) is 6.42 Å². The van der Waals surface area contributed by atoms with Gasteiger partial charge in [-0.3, -0.25) is 0 Å². The molecule has 20 heavy (non-hydrogen) atoms. The first kappa shape index (κ1) is 12.7. The smallest absolute Gasteiger partial charge is 0.123 e. The van der Waals surface area contributed by atoms with E-state index in [0.717, 1.165) is 23.2 Å². The Kier molecular flexibility index (Phi) is 3.42. The van der Waals surface area contributed by atoms with Crippen LogP contribution in [0.1, 0.15) is 12.5 Å². The molecule has 1 aromatic heterocycles. The SMILES string of the molecule is CC(Cc1ccc(F)cc1)Nc1ccc2[nH]ccc2c1. The molecule has 3 aromatic rings. The van der Waals surface area contributed by atoms with E-state index in [9.17, 15) is 4.39 Å². The average molecular weight is 268 g/mol. The van der Waals surface area contributed by atoms with Gasteiger partial charge >= 0.3 is 0 Å². The van der Waals surface area contributed by atoms with Crippen LogP contribution in [0.4, 0.5) is 10.1 Å². The Balaban J connectivity index is 1.68. The minimum absolute atomic E-state index is 0.188. The molecular weight excluding hydrogens is 251 g/mol. The van der Waals surface area contributed by atoms with Crippen LogP contribution in [0.25, 0.3) is 10.9 Å². The summed E-state index contributed by atoms with van der Waals surface area (Å²) >= 11 is 0. The van der Waals surface area contributed by atoms with Crippen molar-refractivity contribution < 1.29 is 4.39 Å². The molecule has 0 spiro atoms. The van der Waals surface area contributed by atoms with Crippen molar-refractivity contribution in [1.82, 2.24) is 4.98 Å². The van der Waals surface area contributed by atoms with E-state index >= 15 is 0 Å². The molecule has 0 aliphatic rings. The van der Waals surface area contributed by atoms with Crippen LogP contribution in [0.15, 0.2) is 54.7 Å². The van der Waals surface area contributed by atoms with Gasteiger partial charge in [-0.25, -0.2) is 4.39 Å². The highest BCUT2D eigenvalue weighted by Gasteiger charge is 2.05. The molecule has 0 aliphatic heterocycles. The molecule has 3 rings (SSSR count). The summed E-state index contributed by atoms with van der Waals surface area (Å²) in [6.45, 7) is 2.13. The number of aromatic amines is 1. The molecule has 3 heteroatoms. The molecule has 2 nitrogen and oxygen atoms in total. The fourth-order valence-electron chi connectivity index (χ4n) is 2.45. The molecule has 0 bridgehead atoms. The van der Waals surface area contributed by atoms with Crippen molar-refractivity contribution in [3.8, 4) is 0 Å². The van der Waals surface area contributed by atoms with Crippen molar-refractivity contribution in [2.75, 3.05) is 5.32 Å². The van der Waals surface area contributed by atoms with Gasteiger partial charge in [-0.15, -0.1) is 0 Å². The van der Waals surface area contributed by atoms with Gasteiger partial charge in [0.2, 0.25) is 0 Å². The molecule has 2 N–H and O–H groups in total. The average Bonchev–Trinajstić information content (AvgIpc) is 2.89. The van der Waals surface area contributed by atoms with Gasteiger partial charge in [0.05, 0.1) is 0 Å². The Morgan fingerprint density at radius 1 is 1.10 bits per heavy atom. The van der Waals surface area contributed by atoms with E-state index in [4.69, 9.17) is 0 Å². The third-order valence-corrected chi connectivity index (χ3v) is 3.42. The number of fused-ring (bicyclic) bond motifs is 1. The number of rotatable bonds is 4. The van der Waals surface area contributed by atoms with Crippen molar-refractivity contribution in [2.24, 2.45) is 0 Å². The van der Waals surface area contributed by atoms with Crippen LogP contribution in [-0.4, -0.2) is 11.0 Å². The van der Waals surface area contributed by atoms with Gasteiger partial charge < -0.3 is 10.3 Å². The first-order valence-electron chi connectivity index (χ1n) is 6.79. The second-order valence-corrected chi connectivity index (χ2v) is 5.16. The molecule has 0 radical (unpaired) electrons. The molecule has 0 amide bonds. The summed E-state index contributed by atoms with van der Waals surface area (Å²) in [6, 6.07) is 15.3. The quantitative estimate of drug-likeness (QED) is 0.723. The lowest BCUT2D eigenvalue weighted by Gasteiger charge is -2.15. The molecule has 0 fully saturated rings. The predicted octanol–water partition coefficient (Wildman–Crippen LogP) is 4.35. The third-order valence-electron chi connectivity index (χ3n) is 3.42. The van der Waals surface area contributed by atoms with E-state index in [1.807, 2.05) is 18.3 Å². The number of nitrogens with one attached hydrogen (secondary N) is 2. The highest BCUT2D eigenvalue weighted by molar-refractivity contribution is 5.83. The van der Waals surface area contributed by atoms with Crippen LogP contribution < -0.4 is 5.32 Å². The van der Waals surface area contributed by atoms with Gasteiger partial charge in [0.1, 0.15) is 5.82 Å². The summed E-state index contributed by atoms with van der Waals surface area (Å²) in [5.41, 5.74) is 3.38. The summed E-state index contributed by atoms with van der Waals surface area (Å²) in [4.78, 5) is 3.18. The number of aromatic nitrogens is 1. The Morgan fingerprint density at radius 2 is 1.90 bits per heavy atom. The topological polar surface area (TPSA) is 27.8 Å². The minimum atomic E-state index is -0.188. The Hall–Kier alpha value is -2.29. The molecule has 2 aromatic carbocycles. The minimum Gasteiger partial charge on any atom is -0.382 e. The zero-order valence-corrected chi connectivity index (χ0v) is 11.4. The van der Waals surface area contributed by atoms with Crippen LogP contribution in [0.2, 0.25) is 0 Å². The summed E-state index contributed by atoms with van der Waals surface area (Å²) < 4.78 is 12.9. The lowest BCUT2D eigenvalue weighted by Crippen LogP contribution is -2.17. The van der Waals surface area contributed by atoms with E-state index in [-0.39, 0.29) is 11.9 Å². The van der Waals surface area contributed by atoms with E-state index in [1.54, 1.807) is 0 Å². The second kappa shape index (κ2) is 5.37. The summed E-state index contributed by atoms with van der Waals surface area (Å²) in [5, 5.41) is 4.68. The molecular formula is C17H17FN2. The fraction of sp³-hybridized carbons (Fsp3) is 0.176. The lowest BCUT2D eigenvalue weighted by atomic mass is 10.1. The van der Waals surface area contributed by atoms with E-state index in [2.05, 4.69) is 41.5 Å². The number of halogens is 1. The number of benzene rings is 2. The normalized spacial score (nSPS) is 12.5. The molecule has 1 heterocycles. The monoisotopic (exact) mass is 268 g/mol. The van der Waals surface area contributed by atoms with Gasteiger partial charge in [-0.2, -0.15) is 0 Å². The van der Waals surface area contributed by atoms with Crippen molar-refractivity contribution >= 4 is 16.6 Å². The lowest BCUT2D eigenvalue weighted by molar-refractivity contribution is 0.626. The summed E-state index contributed by atoms with van der Waals surface area (Å²) in [5.74, 6) is -0.188. The third kappa shape index (κ3) is 2.82. The maximum absolute atomic E-state index is 12.9.